The predicted octanol–water partition coefficient (Wildman–Crippen LogP) is -0.166. The summed E-state index contributed by atoms with van der Waals surface area (Å²) in [5.41, 5.74) is -0.555. The van der Waals surface area contributed by atoms with Gasteiger partial charge in [0.1, 0.15) is 6.10 Å². The second kappa shape index (κ2) is 6.10. The largest absolute Gasteiger partial charge is 0.368 e. The zero-order valence-corrected chi connectivity index (χ0v) is 12.6. The molecule has 2 fully saturated rings. The Morgan fingerprint density at radius 3 is 2.25 bits per heavy atom. The van der Waals surface area contributed by atoms with Gasteiger partial charge in [-0.1, -0.05) is 0 Å². The molecule has 2 amide bonds. The van der Waals surface area contributed by atoms with Crippen LogP contribution in [0.25, 0.3) is 0 Å². The zero-order valence-electron chi connectivity index (χ0n) is 12.6. The average molecular weight is 283 g/mol. The molecule has 1 unspecified atom stereocenters. The molecule has 0 aromatic rings. The van der Waals surface area contributed by atoms with Crippen LogP contribution in [-0.4, -0.2) is 73.1 Å². The van der Waals surface area contributed by atoms with E-state index in [-0.39, 0.29) is 17.9 Å². The van der Waals surface area contributed by atoms with Crippen LogP contribution in [0.3, 0.4) is 0 Å². The summed E-state index contributed by atoms with van der Waals surface area (Å²) >= 11 is 0. The van der Waals surface area contributed by atoms with Crippen LogP contribution in [0.4, 0.5) is 0 Å². The smallest absolute Gasteiger partial charge is 0.251 e. The van der Waals surface area contributed by atoms with Crippen molar-refractivity contribution in [2.75, 3.05) is 39.8 Å². The lowest BCUT2D eigenvalue weighted by Crippen LogP contribution is -2.59. The molecule has 0 bridgehead atoms. The fourth-order valence-corrected chi connectivity index (χ4v) is 2.61. The minimum absolute atomic E-state index is 0.0856. The quantitative estimate of drug-likeness (QED) is 0.781. The van der Waals surface area contributed by atoms with Crippen LogP contribution in [0.15, 0.2) is 0 Å². The molecule has 2 saturated heterocycles. The summed E-state index contributed by atoms with van der Waals surface area (Å²) in [4.78, 5) is 28.2. The van der Waals surface area contributed by atoms with Gasteiger partial charge < -0.3 is 19.9 Å². The highest BCUT2D eigenvalue weighted by Crippen LogP contribution is 2.17. The number of carbonyl (C=O) groups is 2. The number of ether oxygens (including phenoxy) is 1. The van der Waals surface area contributed by atoms with Crippen LogP contribution in [0, 0.1) is 0 Å². The lowest BCUT2D eigenvalue weighted by atomic mass is 10.0. The normalized spacial score (nSPS) is 24.1. The summed E-state index contributed by atoms with van der Waals surface area (Å²) in [5, 5.41) is 3.03. The highest BCUT2D eigenvalue weighted by Gasteiger charge is 2.35. The van der Waals surface area contributed by atoms with E-state index >= 15 is 0 Å². The van der Waals surface area contributed by atoms with Gasteiger partial charge in [0.15, 0.2) is 0 Å². The number of likely N-dealkylation sites (N-methyl/N-ethyl adjacent to an activating group) is 1. The first-order valence-corrected chi connectivity index (χ1v) is 7.34. The van der Waals surface area contributed by atoms with Crippen molar-refractivity contribution in [3.05, 3.63) is 0 Å². The molecule has 2 aliphatic rings. The van der Waals surface area contributed by atoms with Gasteiger partial charge in [0.25, 0.3) is 5.91 Å². The van der Waals surface area contributed by atoms with Gasteiger partial charge in [-0.3, -0.25) is 9.59 Å². The summed E-state index contributed by atoms with van der Waals surface area (Å²) in [5.74, 6) is 0.173. The molecule has 6 heteroatoms. The maximum atomic E-state index is 12.3. The lowest BCUT2D eigenvalue weighted by Gasteiger charge is -2.39. The highest BCUT2D eigenvalue weighted by molar-refractivity contribution is 5.86. The summed E-state index contributed by atoms with van der Waals surface area (Å²) in [7, 11) is 1.79. The van der Waals surface area contributed by atoms with E-state index in [2.05, 4.69) is 5.32 Å². The van der Waals surface area contributed by atoms with Gasteiger partial charge in [0.05, 0.1) is 5.54 Å². The maximum Gasteiger partial charge on any atom is 0.251 e. The Hall–Kier alpha value is -1.14. The number of piperazine rings is 1. The van der Waals surface area contributed by atoms with Crippen LogP contribution in [-0.2, 0) is 14.3 Å². The van der Waals surface area contributed by atoms with Crippen molar-refractivity contribution in [1.29, 1.82) is 0 Å². The van der Waals surface area contributed by atoms with E-state index in [9.17, 15) is 9.59 Å². The van der Waals surface area contributed by atoms with E-state index in [1.54, 1.807) is 7.05 Å². The van der Waals surface area contributed by atoms with Crippen LogP contribution >= 0.6 is 0 Å². The Morgan fingerprint density at radius 1 is 1.15 bits per heavy atom. The summed E-state index contributed by atoms with van der Waals surface area (Å²) in [6.45, 7) is 6.84. The van der Waals surface area contributed by atoms with Crippen molar-refractivity contribution in [2.45, 2.75) is 38.3 Å². The van der Waals surface area contributed by atoms with E-state index in [4.69, 9.17) is 4.74 Å². The monoisotopic (exact) mass is 283 g/mol. The fraction of sp³-hybridized carbons (Fsp3) is 0.857. The average Bonchev–Trinajstić information content (AvgIpc) is 3.00. The Morgan fingerprint density at radius 2 is 1.75 bits per heavy atom. The molecule has 114 valence electrons. The number of hydrogen-bond donors (Lipinski definition) is 1. The van der Waals surface area contributed by atoms with Gasteiger partial charge in [0.2, 0.25) is 5.91 Å². The van der Waals surface area contributed by atoms with Crippen LogP contribution in [0.2, 0.25) is 0 Å². The molecule has 0 radical (unpaired) electrons. The Bertz CT molecular complexity index is 370. The first-order chi connectivity index (χ1) is 9.45. The number of rotatable bonds is 3. The molecule has 1 atom stereocenters. The van der Waals surface area contributed by atoms with Crippen molar-refractivity contribution < 1.29 is 14.3 Å². The van der Waals surface area contributed by atoms with E-state index in [1.807, 2.05) is 23.6 Å². The summed E-state index contributed by atoms with van der Waals surface area (Å²) < 4.78 is 5.43. The first-order valence-electron chi connectivity index (χ1n) is 7.34. The number of hydrogen-bond acceptors (Lipinski definition) is 4. The minimum atomic E-state index is -0.555. The molecule has 0 saturated carbocycles. The standard InChI is InChI=1S/C14H25N3O3/c1-14(2,15-3)13(19)17-8-6-16(7-9-17)12(18)11-5-4-10-20-11/h11,15H,4-10H2,1-3H3. The van der Waals surface area contributed by atoms with Gasteiger partial charge in [-0.2, -0.15) is 0 Å². The van der Waals surface area contributed by atoms with Crippen molar-refractivity contribution >= 4 is 11.8 Å². The molecule has 20 heavy (non-hydrogen) atoms. The molecule has 0 aromatic heterocycles. The van der Waals surface area contributed by atoms with Gasteiger partial charge in [-0.15, -0.1) is 0 Å². The molecule has 0 aliphatic carbocycles. The molecule has 2 rings (SSSR count). The topological polar surface area (TPSA) is 61.9 Å². The van der Waals surface area contributed by atoms with Crippen molar-refractivity contribution in [2.24, 2.45) is 0 Å². The van der Waals surface area contributed by atoms with E-state index < -0.39 is 5.54 Å². The predicted molar refractivity (Wildman–Crippen MR) is 75.3 cm³/mol. The van der Waals surface area contributed by atoms with E-state index in [1.165, 1.54) is 0 Å². The van der Waals surface area contributed by atoms with Gasteiger partial charge in [-0.05, 0) is 33.7 Å². The summed E-state index contributed by atoms with van der Waals surface area (Å²) in [6.07, 6.45) is 1.53. The minimum Gasteiger partial charge on any atom is -0.368 e. The second-order valence-corrected chi connectivity index (χ2v) is 5.99. The molecule has 0 aromatic carbocycles. The third-order valence-corrected chi connectivity index (χ3v) is 4.24. The number of nitrogens with one attached hydrogen (secondary N) is 1. The number of nitrogens with zero attached hydrogens (tertiary/aromatic N) is 2. The maximum absolute atomic E-state index is 12.3. The van der Waals surface area contributed by atoms with Crippen LogP contribution in [0.1, 0.15) is 26.7 Å². The van der Waals surface area contributed by atoms with Crippen LogP contribution in [0.5, 0.6) is 0 Å². The Labute approximate surface area is 120 Å². The molecule has 6 nitrogen and oxygen atoms in total. The Balaban J connectivity index is 1.86. The lowest BCUT2D eigenvalue weighted by molar-refractivity contribution is -0.147. The van der Waals surface area contributed by atoms with Crippen molar-refractivity contribution in [1.82, 2.24) is 15.1 Å². The van der Waals surface area contributed by atoms with E-state index in [0.717, 1.165) is 12.8 Å². The van der Waals surface area contributed by atoms with Gasteiger partial charge >= 0.3 is 0 Å². The Kier molecular flexibility index (Phi) is 4.65. The summed E-state index contributed by atoms with van der Waals surface area (Å²) in [6, 6.07) is 0. The molecule has 2 heterocycles. The zero-order chi connectivity index (χ0) is 14.8. The van der Waals surface area contributed by atoms with Gasteiger partial charge in [-0.25, -0.2) is 0 Å². The SMILES string of the molecule is CNC(C)(C)C(=O)N1CCN(C(=O)C2CCCO2)CC1. The highest BCUT2D eigenvalue weighted by atomic mass is 16.5. The molecule has 2 aliphatic heterocycles. The van der Waals surface area contributed by atoms with Crippen molar-refractivity contribution in [3.8, 4) is 0 Å². The van der Waals surface area contributed by atoms with Crippen LogP contribution < -0.4 is 5.32 Å². The van der Waals surface area contributed by atoms with Gasteiger partial charge in [0, 0.05) is 32.8 Å². The fourth-order valence-electron chi connectivity index (χ4n) is 2.61. The third kappa shape index (κ3) is 3.12. The second-order valence-electron chi connectivity index (χ2n) is 5.99. The molecule has 1 N–H and O–H groups in total. The third-order valence-electron chi connectivity index (χ3n) is 4.24. The first kappa shape index (κ1) is 15.3. The number of amides is 2. The molecular formula is C14H25N3O3. The number of carbonyl (C=O) groups excluding carboxylic acids is 2. The molecular weight excluding hydrogens is 258 g/mol. The molecule has 0 spiro atoms. The van der Waals surface area contributed by atoms with E-state index in [0.29, 0.717) is 32.8 Å². The van der Waals surface area contributed by atoms with Crippen molar-refractivity contribution in [3.63, 3.8) is 0 Å².